The van der Waals surface area contributed by atoms with Gasteiger partial charge in [-0.15, -0.1) is 0 Å². The van der Waals surface area contributed by atoms with Gasteiger partial charge in [0.05, 0.1) is 6.61 Å². The third-order valence-electron chi connectivity index (χ3n) is 1.29. The van der Waals surface area contributed by atoms with E-state index in [1.54, 1.807) is 24.3 Å². The van der Waals surface area contributed by atoms with Crippen LogP contribution in [0.1, 0.15) is 5.56 Å². The summed E-state index contributed by atoms with van der Waals surface area (Å²) in [6.07, 6.45) is 0. The molecular formula is C8H7ClF2O. The highest BCUT2D eigenvalue weighted by molar-refractivity contribution is 6.30. The second-order valence-corrected chi connectivity index (χ2v) is 2.63. The van der Waals surface area contributed by atoms with Gasteiger partial charge in [0, 0.05) is 5.02 Å². The summed E-state index contributed by atoms with van der Waals surface area (Å²) in [7, 11) is 0. The summed E-state index contributed by atoms with van der Waals surface area (Å²) in [5.41, 5.74) is 0.680. The molecule has 0 bridgehead atoms. The van der Waals surface area contributed by atoms with Gasteiger partial charge in [0.1, 0.15) is 0 Å². The highest BCUT2D eigenvalue weighted by atomic mass is 35.5. The van der Waals surface area contributed by atoms with Crippen LogP contribution < -0.4 is 0 Å². The van der Waals surface area contributed by atoms with Crippen LogP contribution >= 0.6 is 11.6 Å². The second kappa shape index (κ2) is 4.38. The van der Waals surface area contributed by atoms with Gasteiger partial charge in [0.25, 0.3) is 0 Å². The summed E-state index contributed by atoms with van der Waals surface area (Å²) < 4.78 is 27.2. The van der Waals surface area contributed by atoms with Crippen molar-refractivity contribution in [2.24, 2.45) is 0 Å². The molecule has 1 rings (SSSR count). The second-order valence-electron chi connectivity index (χ2n) is 2.20. The Hall–Kier alpha value is -0.670. The fourth-order valence-corrected chi connectivity index (χ4v) is 0.866. The summed E-state index contributed by atoms with van der Waals surface area (Å²) in [6, 6.07) is 6.55. The van der Waals surface area contributed by atoms with Crippen molar-refractivity contribution in [3.05, 3.63) is 34.9 Å². The molecule has 0 spiro atoms. The quantitative estimate of drug-likeness (QED) is 0.715. The third kappa shape index (κ3) is 3.15. The molecule has 12 heavy (non-hydrogen) atoms. The smallest absolute Gasteiger partial charge is 0.318 e. The first-order chi connectivity index (χ1) is 5.68. The van der Waals surface area contributed by atoms with E-state index in [2.05, 4.69) is 4.74 Å². The number of halogens is 3. The lowest BCUT2D eigenvalue weighted by Gasteiger charge is -2.01. The first-order valence-electron chi connectivity index (χ1n) is 3.32. The summed E-state index contributed by atoms with van der Waals surface area (Å²) in [6.45, 7) is -2.81. The van der Waals surface area contributed by atoms with Gasteiger partial charge in [-0.05, 0) is 17.7 Å². The topological polar surface area (TPSA) is 9.23 Å². The number of ether oxygens (including phenoxy) is 1. The molecule has 0 radical (unpaired) electrons. The van der Waals surface area contributed by atoms with Crippen LogP contribution in [-0.2, 0) is 11.3 Å². The first-order valence-corrected chi connectivity index (χ1v) is 3.70. The minimum absolute atomic E-state index is 0.0885. The predicted molar refractivity (Wildman–Crippen MR) is 42.2 cm³/mol. The number of alkyl halides is 2. The summed E-state index contributed by atoms with van der Waals surface area (Å²) >= 11 is 5.59. The molecule has 0 saturated heterocycles. The lowest BCUT2D eigenvalue weighted by atomic mass is 10.2. The molecule has 0 saturated carbocycles. The molecule has 0 N–H and O–H groups in total. The van der Waals surface area contributed by atoms with E-state index in [4.69, 9.17) is 11.6 Å². The molecule has 4 heteroatoms. The van der Waals surface area contributed by atoms with Crippen LogP contribution in [0.4, 0.5) is 8.78 Å². The van der Waals surface area contributed by atoms with Crippen LogP contribution in [0.25, 0.3) is 0 Å². The molecule has 0 atom stereocenters. The van der Waals surface area contributed by atoms with E-state index in [9.17, 15) is 8.78 Å². The van der Waals surface area contributed by atoms with Gasteiger partial charge in [0.2, 0.25) is 0 Å². The Morgan fingerprint density at radius 1 is 1.25 bits per heavy atom. The van der Waals surface area contributed by atoms with Crippen molar-refractivity contribution in [3.63, 3.8) is 0 Å². The number of rotatable bonds is 3. The van der Waals surface area contributed by atoms with Crippen LogP contribution in [0.5, 0.6) is 0 Å². The molecule has 0 heterocycles. The third-order valence-corrected chi connectivity index (χ3v) is 1.54. The maximum absolute atomic E-state index is 11.6. The van der Waals surface area contributed by atoms with E-state index in [-0.39, 0.29) is 6.61 Å². The number of benzene rings is 1. The Morgan fingerprint density at radius 3 is 2.33 bits per heavy atom. The van der Waals surface area contributed by atoms with Crippen molar-refractivity contribution in [1.29, 1.82) is 0 Å². The van der Waals surface area contributed by atoms with Crippen molar-refractivity contribution in [3.8, 4) is 0 Å². The molecule has 0 aliphatic rings. The van der Waals surface area contributed by atoms with Crippen LogP contribution in [0.15, 0.2) is 24.3 Å². The molecule has 0 aromatic heterocycles. The fraction of sp³-hybridized carbons (Fsp3) is 0.250. The number of hydrogen-bond donors (Lipinski definition) is 0. The minimum Gasteiger partial charge on any atom is -0.318 e. The van der Waals surface area contributed by atoms with Crippen LogP contribution in [0.2, 0.25) is 5.02 Å². The SMILES string of the molecule is FC(F)OCc1ccc(Cl)cc1. The first kappa shape index (κ1) is 9.42. The van der Waals surface area contributed by atoms with E-state index in [0.29, 0.717) is 10.6 Å². The summed E-state index contributed by atoms with van der Waals surface area (Å²) in [5.74, 6) is 0. The maximum atomic E-state index is 11.6. The molecule has 1 nitrogen and oxygen atoms in total. The Morgan fingerprint density at radius 2 is 1.83 bits per heavy atom. The molecule has 0 amide bonds. The zero-order chi connectivity index (χ0) is 8.97. The van der Waals surface area contributed by atoms with Crippen molar-refractivity contribution in [2.75, 3.05) is 0 Å². The largest absolute Gasteiger partial charge is 0.345 e. The molecule has 0 aliphatic carbocycles. The summed E-state index contributed by atoms with van der Waals surface area (Å²) in [5, 5.41) is 0.579. The van der Waals surface area contributed by atoms with Crippen molar-refractivity contribution >= 4 is 11.6 Å². The molecule has 1 aromatic carbocycles. The normalized spacial score (nSPS) is 10.7. The summed E-state index contributed by atoms with van der Waals surface area (Å²) in [4.78, 5) is 0. The Bertz CT molecular complexity index is 235. The van der Waals surface area contributed by atoms with E-state index < -0.39 is 6.61 Å². The standard InChI is InChI=1S/C8H7ClF2O/c9-7-3-1-6(2-4-7)5-12-8(10)11/h1-4,8H,5H2. The van der Waals surface area contributed by atoms with Crippen molar-refractivity contribution < 1.29 is 13.5 Å². The maximum Gasteiger partial charge on any atom is 0.345 e. The van der Waals surface area contributed by atoms with Crippen LogP contribution in [-0.4, -0.2) is 6.61 Å². The highest BCUT2D eigenvalue weighted by Crippen LogP contribution is 2.11. The zero-order valence-corrected chi connectivity index (χ0v) is 6.89. The van der Waals surface area contributed by atoms with Gasteiger partial charge in [-0.1, -0.05) is 23.7 Å². The molecule has 66 valence electrons. The van der Waals surface area contributed by atoms with E-state index in [1.165, 1.54) is 0 Å². The Kier molecular flexibility index (Phi) is 3.44. The van der Waals surface area contributed by atoms with E-state index in [1.807, 2.05) is 0 Å². The van der Waals surface area contributed by atoms with Gasteiger partial charge >= 0.3 is 6.61 Å². The Balaban J connectivity index is 2.48. The van der Waals surface area contributed by atoms with Gasteiger partial charge in [-0.25, -0.2) is 0 Å². The molecule has 0 fully saturated rings. The van der Waals surface area contributed by atoms with Gasteiger partial charge in [-0.3, -0.25) is 0 Å². The minimum atomic E-state index is -2.72. The highest BCUT2D eigenvalue weighted by Gasteiger charge is 2.01. The van der Waals surface area contributed by atoms with Crippen LogP contribution in [0.3, 0.4) is 0 Å². The lowest BCUT2D eigenvalue weighted by molar-refractivity contribution is -0.137. The molecule has 0 unspecified atom stereocenters. The van der Waals surface area contributed by atoms with E-state index >= 15 is 0 Å². The average molecular weight is 193 g/mol. The zero-order valence-electron chi connectivity index (χ0n) is 6.14. The van der Waals surface area contributed by atoms with Gasteiger partial charge in [-0.2, -0.15) is 8.78 Å². The molecule has 0 aliphatic heterocycles. The fourth-order valence-electron chi connectivity index (χ4n) is 0.740. The predicted octanol–water partition coefficient (Wildman–Crippen LogP) is 3.08. The van der Waals surface area contributed by atoms with Gasteiger partial charge in [0.15, 0.2) is 0 Å². The number of hydrogen-bond acceptors (Lipinski definition) is 1. The van der Waals surface area contributed by atoms with E-state index in [0.717, 1.165) is 0 Å². The van der Waals surface area contributed by atoms with Crippen molar-refractivity contribution in [1.82, 2.24) is 0 Å². The van der Waals surface area contributed by atoms with Crippen molar-refractivity contribution in [2.45, 2.75) is 13.2 Å². The lowest BCUT2D eigenvalue weighted by Crippen LogP contribution is -1.98. The van der Waals surface area contributed by atoms with Gasteiger partial charge < -0.3 is 4.74 Å². The monoisotopic (exact) mass is 192 g/mol. The Labute approximate surface area is 73.9 Å². The average Bonchev–Trinajstić information content (AvgIpc) is 2.03. The van der Waals surface area contributed by atoms with Crippen LogP contribution in [0, 0.1) is 0 Å². The molecular weight excluding hydrogens is 186 g/mol. The molecule has 1 aromatic rings.